The molecule has 90 valence electrons. The molecule has 2 aromatic heterocycles. The molecule has 1 N–H and O–H groups in total. The van der Waals surface area contributed by atoms with Gasteiger partial charge >= 0.3 is 0 Å². The molecule has 0 spiro atoms. The number of fused-ring (bicyclic) bond motifs is 1. The van der Waals surface area contributed by atoms with E-state index in [1.165, 1.54) is 0 Å². The van der Waals surface area contributed by atoms with E-state index in [1.807, 2.05) is 43.7 Å². The Morgan fingerprint density at radius 1 is 1.17 bits per heavy atom. The van der Waals surface area contributed by atoms with E-state index in [2.05, 4.69) is 22.4 Å². The standard InChI is InChI=1S/C15H14N2O/c1-16-8-11-6-13(10-17-9-11)15-7-12-4-2-3-5-14(12)18-15/h2-7,9-10,16H,8H2,1H3. The molecule has 3 heteroatoms. The highest BCUT2D eigenvalue weighted by molar-refractivity contribution is 5.82. The average Bonchev–Trinajstić information content (AvgIpc) is 2.83. The van der Waals surface area contributed by atoms with Gasteiger partial charge in [0, 0.05) is 29.9 Å². The number of benzene rings is 1. The SMILES string of the molecule is CNCc1cncc(-c2cc3ccccc3o2)c1. The van der Waals surface area contributed by atoms with Crippen LogP contribution in [0, 0.1) is 0 Å². The Bertz CT molecular complexity index is 640. The molecule has 0 saturated heterocycles. The first-order chi connectivity index (χ1) is 8.86. The second-order valence-electron chi connectivity index (χ2n) is 4.26. The van der Waals surface area contributed by atoms with Crippen molar-refractivity contribution >= 4 is 11.0 Å². The van der Waals surface area contributed by atoms with Gasteiger partial charge in [0.2, 0.25) is 0 Å². The zero-order valence-corrected chi connectivity index (χ0v) is 10.2. The number of furan rings is 1. The van der Waals surface area contributed by atoms with Crippen molar-refractivity contribution < 1.29 is 4.42 Å². The first-order valence-corrected chi connectivity index (χ1v) is 5.94. The largest absolute Gasteiger partial charge is 0.456 e. The van der Waals surface area contributed by atoms with Gasteiger partial charge in [-0.2, -0.15) is 0 Å². The molecule has 0 bridgehead atoms. The molecule has 0 aliphatic heterocycles. The highest BCUT2D eigenvalue weighted by Crippen LogP contribution is 2.27. The summed E-state index contributed by atoms with van der Waals surface area (Å²) in [7, 11) is 1.92. The van der Waals surface area contributed by atoms with Crippen molar-refractivity contribution in [3.8, 4) is 11.3 Å². The Hall–Kier alpha value is -2.13. The molecule has 3 rings (SSSR count). The van der Waals surface area contributed by atoms with E-state index in [9.17, 15) is 0 Å². The van der Waals surface area contributed by atoms with Crippen LogP contribution in [0.25, 0.3) is 22.3 Å². The van der Waals surface area contributed by atoms with Gasteiger partial charge < -0.3 is 9.73 Å². The minimum absolute atomic E-state index is 0.807. The Balaban J connectivity index is 2.05. The number of nitrogens with zero attached hydrogens (tertiary/aromatic N) is 1. The number of para-hydroxylation sites is 1. The summed E-state index contributed by atoms with van der Waals surface area (Å²) in [6.45, 7) is 0.807. The van der Waals surface area contributed by atoms with Crippen molar-refractivity contribution in [2.45, 2.75) is 6.54 Å². The van der Waals surface area contributed by atoms with E-state index in [-0.39, 0.29) is 0 Å². The summed E-state index contributed by atoms with van der Waals surface area (Å²) < 4.78 is 5.83. The average molecular weight is 238 g/mol. The van der Waals surface area contributed by atoms with E-state index < -0.39 is 0 Å². The first-order valence-electron chi connectivity index (χ1n) is 5.94. The van der Waals surface area contributed by atoms with Crippen molar-refractivity contribution in [1.82, 2.24) is 10.3 Å². The fourth-order valence-electron chi connectivity index (χ4n) is 2.05. The molecule has 3 aromatic rings. The van der Waals surface area contributed by atoms with Gasteiger partial charge in [-0.05, 0) is 30.8 Å². The molecule has 1 aromatic carbocycles. The minimum Gasteiger partial charge on any atom is -0.456 e. The summed E-state index contributed by atoms with van der Waals surface area (Å²) in [5.41, 5.74) is 3.07. The number of hydrogen-bond donors (Lipinski definition) is 1. The van der Waals surface area contributed by atoms with Crippen LogP contribution in [0.5, 0.6) is 0 Å². The zero-order valence-electron chi connectivity index (χ0n) is 10.2. The minimum atomic E-state index is 0.807. The monoisotopic (exact) mass is 238 g/mol. The van der Waals surface area contributed by atoms with Crippen LogP contribution in [0.1, 0.15) is 5.56 Å². The Kier molecular flexibility index (Phi) is 2.82. The van der Waals surface area contributed by atoms with Crippen molar-refractivity contribution in [3.63, 3.8) is 0 Å². The summed E-state index contributed by atoms with van der Waals surface area (Å²) in [5.74, 6) is 0.863. The first kappa shape index (κ1) is 11.0. The molecule has 0 aliphatic rings. The Morgan fingerprint density at radius 2 is 2.06 bits per heavy atom. The van der Waals surface area contributed by atoms with Crippen molar-refractivity contribution in [1.29, 1.82) is 0 Å². The summed E-state index contributed by atoms with van der Waals surface area (Å²) >= 11 is 0. The van der Waals surface area contributed by atoms with E-state index in [4.69, 9.17) is 4.42 Å². The van der Waals surface area contributed by atoms with E-state index >= 15 is 0 Å². The van der Waals surface area contributed by atoms with E-state index in [0.717, 1.165) is 34.4 Å². The lowest BCUT2D eigenvalue weighted by molar-refractivity contribution is 0.631. The maximum absolute atomic E-state index is 5.83. The molecule has 0 radical (unpaired) electrons. The highest BCUT2D eigenvalue weighted by atomic mass is 16.3. The third kappa shape index (κ3) is 2.00. The van der Waals surface area contributed by atoms with Gasteiger partial charge in [0.25, 0.3) is 0 Å². The molecule has 0 fully saturated rings. The lowest BCUT2D eigenvalue weighted by atomic mass is 10.1. The van der Waals surface area contributed by atoms with Gasteiger partial charge in [-0.1, -0.05) is 18.2 Å². The lowest BCUT2D eigenvalue weighted by Crippen LogP contribution is -2.05. The Labute approximate surface area is 105 Å². The number of rotatable bonds is 3. The van der Waals surface area contributed by atoms with Crippen molar-refractivity contribution in [2.24, 2.45) is 0 Å². The van der Waals surface area contributed by atoms with Gasteiger partial charge in [-0.15, -0.1) is 0 Å². The summed E-state index contributed by atoms with van der Waals surface area (Å²) in [5, 5.41) is 4.24. The van der Waals surface area contributed by atoms with E-state index in [1.54, 1.807) is 0 Å². The molecule has 2 heterocycles. The van der Waals surface area contributed by atoms with Gasteiger partial charge in [-0.3, -0.25) is 4.98 Å². The Morgan fingerprint density at radius 3 is 2.89 bits per heavy atom. The maximum Gasteiger partial charge on any atom is 0.136 e. The lowest BCUT2D eigenvalue weighted by Gasteiger charge is -2.01. The van der Waals surface area contributed by atoms with Crippen molar-refractivity contribution in [3.05, 3.63) is 54.4 Å². The van der Waals surface area contributed by atoms with Gasteiger partial charge in [-0.25, -0.2) is 0 Å². The predicted octanol–water partition coefficient (Wildman–Crippen LogP) is 3.21. The highest BCUT2D eigenvalue weighted by Gasteiger charge is 2.06. The quantitative estimate of drug-likeness (QED) is 0.761. The number of pyridine rings is 1. The van der Waals surface area contributed by atoms with Gasteiger partial charge in [0.05, 0.1) is 0 Å². The fraction of sp³-hybridized carbons (Fsp3) is 0.133. The summed E-state index contributed by atoms with van der Waals surface area (Å²) in [6, 6.07) is 12.2. The normalized spacial score (nSPS) is 10.9. The summed E-state index contributed by atoms with van der Waals surface area (Å²) in [4.78, 5) is 4.25. The number of hydrogen-bond acceptors (Lipinski definition) is 3. The fourth-order valence-corrected chi connectivity index (χ4v) is 2.05. The van der Waals surface area contributed by atoms with Crippen LogP contribution < -0.4 is 5.32 Å². The van der Waals surface area contributed by atoms with Gasteiger partial charge in [0.1, 0.15) is 11.3 Å². The van der Waals surface area contributed by atoms with Crippen LogP contribution in [-0.4, -0.2) is 12.0 Å². The van der Waals surface area contributed by atoms with Crippen LogP contribution in [0.15, 0.2) is 53.2 Å². The van der Waals surface area contributed by atoms with E-state index in [0.29, 0.717) is 0 Å². The zero-order chi connectivity index (χ0) is 12.4. The molecule has 0 amide bonds. The molecular formula is C15H14N2O. The van der Waals surface area contributed by atoms with Crippen LogP contribution in [0.2, 0.25) is 0 Å². The van der Waals surface area contributed by atoms with Crippen LogP contribution >= 0.6 is 0 Å². The molecule has 0 saturated carbocycles. The second-order valence-corrected chi connectivity index (χ2v) is 4.26. The summed E-state index contributed by atoms with van der Waals surface area (Å²) in [6.07, 6.45) is 3.69. The predicted molar refractivity (Wildman–Crippen MR) is 72.2 cm³/mol. The number of aromatic nitrogens is 1. The molecule has 18 heavy (non-hydrogen) atoms. The van der Waals surface area contributed by atoms with Crippen LogP contribution in [0.4, 0.5) is 0 Å². The van der Waals surface area contributed by atoms with Crippen LogP contribution in [-0.2, 0) is 6.54 Å². The molecule has 0 unspecified atom stereocenters. The molecule has 0 aliphatic carbocycles. The second kappa shape index (κ2) is 4.63. The third-order valence-corrected chi connectivity index (χ3v) is 2.89. The maximum atomic E-state index is 5.83. The van der Waals surface area contributed by atoms with Crippen molar-refractivity contribution in [2.75, 3.05) is 7.05 Å². The van der Waals surface area contributed by atoms with Gasteiger partial charge in [0.15, 0.2) is 0 Å². The smallest absolute Gasteiger partial charge is 0.136 e. The van der Waals surface area contributed by atoms with Crippen LogP contribution in [0.3, 0.4) is 0 Å². The topological polar surface area (TPSA) is 38.1 Å². The molecule has 3 nitrogen and oxygen atoms in total. The molecular weight excluding hydrogens is 224 g/mol. The third-order valence-electron chi connectivity index (χ3n) is 2.89. The molecule has 0 atom stereocenters. The number of nitrogens with one attached hydrogen (secondary N) is 1.